The van der Waals surface area contributed by atoms with Crippen molar-refractivity contribution in [3.8, 4) is 0 Å². The van der Waals surface area contributed by atoms with Crippen molar-refractivity contribution in [2.45, 2.75) is 5.66 Å². The van der Waals surface area contributed by atoms with Gasteiger partial charge in [0.1, 0.15) is 11.9 Å². The number of rotatable bonds is 5. The zero-order valence-corrected chi connectivity index (χ0v) is 12.4. The summed E-state index contributed by atoms with van der Waals surface area (Å²) in [5, 5.41) is 0. The van der Waals surface area contributed by atoms with Gasteiger partial charge in [0, 0.05) is 18.4 Å². The molecule has 0 spiro atoms. The Morgan fingerprint density at radius 2 is 1.67 bits per heavy atom. The van der Waals surface area contributed by atoms with Crippen LogP contribution in [-0.4, -0.2) is 23.1 Å². The number of hydrogen-bond acceptors (Lipinski definition) is 3. The number of carbonyl (C=O) groups is 1. The van der Waals surface area contributed by atoms with Crippen LogP contribution in [0.1, 0.15) is 11.2 Å². The van der Waals surface area contributed by atoms with E-state index in [0.717, 1.165) is 11.4 Å². The Hall–Kier alpha value is -1.94. The molecule has 2 aromatic carbocycles. The molecule has 0 bridgehead atoms. The standard InChI is InChI=1S/C15H16NO4P/c1-16(13-7-3-2-4-8-13)14-9-5-6-12(10-14)15(11-17)21(18,19)20/h2-11,15H,1H3,(H2,18,19,20). The van der Waals surface area contributed by atoms with E-state index in [9.17, 15) is 19.1 Å². The van der Waals surface area contributed by atoms with Gasteiger partial charge in [0.15, 0.2) is 0 Å². The number of benzene rings is 2. The van der Waals surface area contributed by atoms with Crippen LogP contribution in [0.25, 0.3) is 0 Å². The third-order valence-corrected chi connectivity index (χ3v) is 4.38. The molecule has 0 radical (unpaired) electrons. The summed E-state index contributed by atoms with van der Waals surface area (Å²) in [6.07, 6.45) is 0.294. The molecular weight excluding hydrogens is 289 g/mol. The van der Waals surface area contributed by atoms with Crippen LogP contribution >= 0.6 is 7.60 Å². The van der Waals surface area contributed by atoms with Crippen molar-refractivity contribution in [3.63, 3.8) is 0 Å². The predicted octanol–water partition coefficient (Wildman–Crippen LogP) is 2.87. The van der Waals surface area contributed by atoms with E-state index in [4.69, 9.17) is 0 Å². The Morgan fingerprint density at radius 3 is 2.24 bits per heavy atom. The lowest BCUT2D eigenvalue weighted by molar-refractivity contribution is -0.107. The van der Waals surface area contributed by atoms with Gasteiger partial charge in [-0.2, -0.15) is 0 Å². The largest absolute Gasteiger partial charge is 0.345 e. The molecule has 0 aliphatic heterocycles. The highest BCUT2D eigenvalue weighted by atomic mass is 31.2. The summed E-state index contributed by atoms with van der Waals surface area (Å²) in [5.41, 5.74) is 0.563. The van der Waals surface area contributed by atoms with Crippen LogP contribution in [0.2, 0.25) is 0 Å². The molecule has 0 aliphatic rings. The van der Waals surface area contributed by atoms with Crippen molar-refractivity contribution in [1.29, 1.82) is 0 Å². The Morgan fingerprint density at radius 1 is 1.05 bits per heavy atom. The Balaban J connectivity index is 2.38. The van der Waals surface area contributed by atoms with Crippen molar-refractivity contribution in [1.82, 2.24) is 0 Å². The molecule has 5 nitrogen and oxygen atoms in total. The zero-order chi connectivity index (χ0) is 15.5. The lowest BCUT2D eigenvalue weighted by Crippen LogP contribution is -2.10. The summed E-state index contributed by atoms with van der Waals surface area (Å²) < 4.78 is 11.4. The molecule has 0 heterocycles. The maximum atomic E-state index is 11.4. The Bertz CT molecular complexity index is 668. The first-order valence-corrected chi connectivity index (χ1v) is 8.01. The molecule has 1 atom stereocenters. The molecule has 0 aromatic heterocycles. The molecule has 0 fully saturated rings. The van der Waals surface area contributed by atoms with E-state index >= 15 is 0 Å². The summed E-state index contributed by atoms with van der Waals surface area (Å²) in [6, 6.07) is 16.2. The summed E-state index contributed by atoms with van der Waals surface area (Å²) in [7, 11) is -2.66. The summed E-state index contributed by atoms with van der Waals surface area (Å²) in [6.45, 7) is 0. The number of para-hydroxylation sites is 1. The molecular formula is C15H16NO4P. The molecule has 2 aromatic rings. The number of hydrogen-bond donors (Lipinski definition) is 2. The molecule has 0 saturated carbocycles. The number of anilines is 2. The van der Waals surface area contributed by atoms with E-state index in [1.54, 1.807) is 18.2 Å². The van der Waals surface area contributed by atoms with Crippen LogP contribution < -0.4 is 4.90 Å². The predicted molar refractivity (Wildman–Crippen MR) is 81.8 cm³/mol. The average Bonchev–Trinajstić information content (AvgIpc) is 2.47. The first-order chi connectivity index (χ1) is 9.93. The zero-order valence-electron chi connectivity index (χ0n) is 11.5. The van der Waals surface area contributed by atoms with Crippen LogP contribution in [0.3, 0.4) is 0 Å². The normalized spacial score (nSPS) is 12.7. The highest BCUT2D eigenvalue weighted by molar-refractivity contribution is 7.53. The fourth-order valence-corrected chi connectivity index (χ4v) is 2.78. The van der Waals surface area contributed by atoms with E-state index in [0.29, 0.717) is 11.8 Å². The second-order valence-corrected chi connectivity index (χ2v) is 6.39. The van der Waals surface area contributed by atoms with E-state index in [-0.39, 0.29) is 0 Å². The van der Waals surface area contributed by atoms with Crippen LogP contribution in [0.15, 0.2) is 54.6 Å². The Kier molecular flexibility index (Phi) is 4.58. The molecule has 0 aliphatic carbocycles. The van der Waals surface area contributed by atoms with Crippen molar-refractivity contribution in [3.05, 3.63) is 60.2 Å². The summed E-state index contributed by atoms with van der Waals surface area (Å²) in [4.78, 5) is 31.4. The van der Waals surface area contributed by atoms with Gasteiger partial charge < -0.3 is 19.5 Å². The van der Waals surface area contributed by atoms with Gasteiger partial charge in [-0.3, -0.25) is 4.57 Å². The molecule has 21 heavy (non-hydrogen) atoms. The molecule has 2 rings (SSSR count). The van der Waals surface area contributed by atoms with Crippen LogP contribution in [-0.2, 0) is 9.36 Å². The minimum absolute atomic E-state index is 0.294. The van der Waals surface area contributed by atoms with Gasteiger partial charge in [0.05, 0.1) is 0 Å². The van der Waals surface area contributed by atoms with Gasteiger partial charge >= 0.3 is 7.60 Å². The van der Waals surface area contributed by atoms with Gasteiger partial charge in [-0.25, -0.2) is 0 Å². The van der Waals surface area contributed by atoms with Gasteiger partial charge in [-0.1, -0.05) is 30.3 Å². The fraction of sp³-hybridized carbons (Fsp3) is 0.133. The second-order valence-electron chi connectivity index (χ2n) is 4.66. The van der Waals surface area contributed by atoms with Crippen molar-refractivity contribution >= 4 is 25.3 Å². The molecule has 0 saturated heterocycles. The maximum absolute atomic E-state index is 11.4. The van der Waals surface area contributed by atoms with Gasteiger partial charge in [-0.05, 0) is 29.8 Å². The van der Waals surface area contributed by atoms with Gasteiger partial charge in [0.2, 0.25) is 0 Å². The molecule has 110 valence electrons. The Labute approximate surface area is 123 Å². The average molecular weight is 305 g/mol. The maximum Gasteiger partial charge on any atom is 0.340 e. The summed E-state index contributed by atoms with van der Waals surface area (Å²) >= 11 is 0. The molecule has 2 N–H and O–H groups in total. The van der Waals surface area contributed by atoms with Gasteiger partial charge in [0.25, 0.3) is 0 Å². The highest BCUT2D eigenvalue weighted by Crippen LogP contribution is 2.50. The van der Waals surface area contributed by atoms with E-state index in [1.165, 1.54) is 0 Å². The number of nitrogens with zero attached hydrogens (tertiary/aromatic N) is 1. The van der Waals surface area contributed by atoms with Crippen molar-refractivity contribution in [2.24, 2.45) is 0 Å². The van der Waals surface area contributed by atoms with Crippen LogP contribution in [0, 0.1) is 0 Å². The highest BCUT2D eigenvalue weighted by Gasteiger charge is 2.30. The van der Waals surface area contributed by atoms with E-state index < -0.39 is 13.3 Å². The van der Waals surface area contributed by atoms with Gasteiger partial charge in [-0.15, -0.1) is 0 Å². The van der Waals surface area contributed by atoms with E-state index in [1.807, 2.05) is 48.3 Å². The molecule has 0 amide bonds. The molecule has 6 heteroatoms. The first kappa shape index (κ1) is 15.4. The van der Waals surface area contributed by atoms with E-state index in [2.05, 4.69) is 0 Å². The van der Waals surface area contributed by atoms with Crippen LogP contribution in [0.4, 0.5) is 11.4 Å². The summed E-state index contributed by atoms with van der Waals surface area (Å²) in [5.74, 6) is 0. The smallest absolute Gasteiger partial charge is 0.340 e. The quantitative estimate of drug-likeness (QED) is 0.656. The monoisotopic (exact) mass is 305 g/mol. The van der Waals surface area contributed by atoms with Crippen LogP contribution in [0.5, 0.6) is 0 Å². The minimum atomic E-state index is -4.51. The van der Waals surface area contributed by atoms with Crippen molar-refractivity contribution < 1.29 is 19.1 Å². The number of aldehydes is 1. The third kappa shape index (κ3) is 3.58. The SMILES string of the molecule is CN(c1ccccc1)c1cccc(C(C=O)P(=O)(O)O)c1. The third-order valence-electron chi connectivity index (χ3n) is 3.23. The fourth-order valence-electron chi connectivity index (χ4n) is 2.07. The van der Waals surface area contributed by atoms with Crippen molar-refractivity contribution in [2.75, 3.05) is 11.9 Å². The second kappa shape index (κ2) is 6.22. The molecule has 1 unspecified atom stereocenters. The first-order valence-electron chi connectivity index (χ1n) is 6.32. The lowest BCUT2D eigenvalue weighted by atomic mass is 10.1. The number of carbonyl (C=O) groups excluding carboxylic acids is 1. The lowest BCUT2D eigenvalue weighted by Gasteiger charge is -2.21. The minimum Gasteiger partial charge on any atom is -0.345 e. The topological polar surface area (TPSA) is 77.8 Å².